The molecule has 0 saturated heterocycles. The van der Waals surface area contributed by atoms with Crippen LogP contribution in [-0.2, 0) is 7.05 Å². The van der Waals surface area contributed by atoms with Gasteiger partial charge in [-0.25, -0.2) is 0 Å². The van der Waals surface area contributed by atoms with Crippen LogP contribution in [0.15, 0.2) is 24.3 Å². The molecule has 0 bridgehead atoms. The number of nitrogens with zero attached hydrogens (tertiary/aromatic N) is 4. The Balaban J connectivity index is 2.29. The molecule has 0 unspecified atom stereocenters. The smallest absolute Gasteiger partial charge is 0.406 e. The Bertz CT molecular complexity index is 523. The summed E-state index contributed by atoms with van der Waals surface area (Å²) in [6, 6.07) is 5.39. The third-order valence-electron chi connectivity index (χ3n) is 1.83. The van der Waals surface area contributed by atoms with E-state index in [1.54, 1.807) is 13.1 Å². The number of alkyl halides is 3. The van der Waals surface area contributed by atoms with E-state index in [0.29, 0.717) is 5.56 Å². The second kappa shape index (κ2) is 4.04. The molecular formula is C9H7F3N4O. The van der Waals surface area contributed by atoms with E-state index in [-0.39, 0.29) is 11.6 Å². The summed E-state index contributed by atoms with van der Waals surface area (Å²) < 4.78 is 39.8. The summed E-state index contributed by atoms with van der Waals surface area (Å²) in [4.78, 5) is 1.21. The fourth-order valence-corrected chi connectivity index (χ4v) is 1.23. The summed E-state index contributed by atoms with van der Waals surface area (Å²) >= 11 is 0. The number of hydrogen-bond donors (Lipinski definition) is 0. The summed E-state index contributed by atoms with van der Waals surface area (Å²) in [6.07, 6.45) is -4.71. The molecule has 90 valence electrons. The van der Waals surface area contributed by atoms with Gasteiger partial charge in [0.1, 0.15) is 5.75 Å². The van der Waals surface area contributed by atoms with Gasteiger partial charge >= 0.3 is 6.36 Å². The zero-order chi connectivity index (χ0) is 12.5. The van der Waals surface area contributed by atoms with Gasteiger partial charge in [0.15, 0.2) is 0 Å². The number of halogens is 3. The van der Waals surface area contributed by atoms with Gasteiger partial charge in [0.25, 0.3) is 0 Å². The summed E-state index contributed by atoms with van der Waals surface area (Å²) in [7, 11) is 1.56. The van der Waals surface area contributed by atoms with Crippen molar-refractivity contribution in [3.63, 3.8) is 0 Å². The molecule has 17 heavy (non-hydrogen) atoms. The average Bonchev–Trinajstić information content (AvgIpc) is 2.63. The van der Waals surface area contributed by atoms with Crippen LogP contribution < -0.4 is 4.74 Å². The van der Waals surface area contributed by atoms with Crippen LogP contribution in [0.4, 0.5) is 13.2 Å². The van der Waals surface area contributed by atoms with Crippen molar-refractivity contribution in [3.05, 3.63) is 24.3 Å². The van der Waals surface area contributed by atoms with E-state index in [4.69, 9.17) is 0 Å². The van der Waals surface area contributed by atoms with Crippen molar-refractivity contribution in [1.82, 2.24) is 20.2 Å². The van der Waals surface area contributed by atoms with Gasteiger partial charge < -0.3 is 4.74 Å². The second-order valence-electron chi connectivity index (χ2n) is 3.18. The zero-order valence-corrected chi connectivity index (χ0v) is 8.64. The molecule has 8 heteroatoms. The van der Waals surface area contributed by atoms with Gasteiger partial charge in [-0.05, 0) is 17.3 Å². The van der Waals surface area contributed by atoms with Crippen LogP contribution in [0.1, 0.15) is 0 Å². The Kier molecular flexibility index (Phi) is 2.70. The standard InChI is InChI=1S/C9H7F3N4O/c1-16-14-8(13-15-16)6-3-2-4-7(5-6)17-9(10,11)12/h2-5H,1H3. The van der Waals surface area contributed by atoms with E-state index in [1.807, 2.05) is 0 Å². The average molecular weight is 244 g/mol. The van der Waals surface area contributed by atoms with E-state index in [9.17, 15) is 13.2 Å². The largest absolute Gasteiger partial charge is 0.573 e. The zero-order valence-electron chi connectivity index (χ0n) is 8.64. The maximum atomic E-state index is 12.0. The number of rotatable bonds is 2. The minimum atomic E-state index is -4.71. The molecule has 1 aromatic heterocycles. The van der Waals surface area contributed by atoms with Crippen molar-refractivity contribution in [2.24, 2.45) is 7.05 Å². The number of tetrazole rings is 1. The first-order valence-corrected chi connectivity index (χ1v) is 4.54. The van der Waals surface area contributed by atoms with Crippen molar-refractivity contribution in [2.45, 2.75) is 6.36 Å². The van der Waals surface area contributed by atoms with Gasteiger partial charge in [0, 0.05) is 5.56 Å². The Labute approximate surface area is 93.8 Å². The van der Waals surface area contributed by atoms with Gasteiger partial charge in [-0.15, -0.1) is 23.4 Å². The van der Waals surface area contributed by atoms with Crippen LogP contribution in [0.2, 0.25) is 0 Å². The highest BCUT2D eigenvalue weighted by molar-refractivity contribution is 5.56. The minimum absolute atomic E-state index is 0.236. The van der Waals surface area contributed by atoms with Gasteiger partial charge in [-0.3, -0.25) is 0 Å². The van der Waals surface area contributed by atoms with Crippen LogP contribution in [-0.4, -0.2) is 26.6 Å². The van der Waals surface area contributed by atoms with Crippen molar-refractivity contribution < 1.29 is 17.9 Å². The third-order valence-corrected chi connectivity index (χ3v) is 1.83. The van der Waals surface area contributed by atoms with Crippen molar-refractivity contribution in [2.75, 3.05) is 0 Å². The molecule has 0 aliphatic carbocycles. The lowest BCUT2D eigenvalue weighted by Gasteiger charge is -2.08. The molecule has 1 heterocycles. The van der Waals surface area contributed by atoms with Gasteiger partial charge in [-0.1, -0.05) is 12.1 Å². The maximum Gasteiger partial charge on any atom is 0.573 e. The number of hydrogen-bond acceptors (Lipinski definition) is 4. The summed E-state index contributed by atoms with van der Waals surface area (Å²) in [6.45, 7) is 0. The lowest BCUT2D eigenvalue weighted by atomic mass is 10.2. The first kappa shape index (κ1) is 11.4. The second-order valence-corrected chi connectivity index (χ2v) is 3.18. The molecule has 2 rings (SSSR count). The van der Waals surface area contributed by atoms with Crippen molar-refractivity contribution >= 4 is 0 Å². The Hall–Kier alpha value is -2.12. The molecule has 0 aliphatic heterocycles. The van der Waals surface area contributed by atoms with Crippen LogP contribution in [0.3, 0.4) is 0 Å². The van der Waals surface area contributed by atoms with Gasteiger partial charge in [-0.2, -0.15) is 4.80 Å². The van der Waals surface area contributed by atoms with E-state index in [1.165, 1.54) is 23.0 Å². The molecule has 1 aromatic carbocycles. The highest BCUT2D eigenvalue weighted by Crippen LogP contribution is 2.25. The van der Waals surface area contributed by atoms with E-state index < -0.39 is 6.36 Å². The number of ether oxygens (including phenoxy) is 1. The topological polar surface area (TPSA) is 52.8 Å². The lowest BCUT2D eigenvalue weighted by Crippen LogP contribution is -2.17. The lowest BCUT2D eigenvalue weighted by molar-refractivity contribution is -0.274. The molecule has 0 aliphatic rings. The number of aryl methyl sites for hydroxylation is 1. The fourth-order valence-electron chi connectivity index (χ4n) is 1.23. The van der Waals surface area contributed by atoms with E-state index in [0.717, 1.165) is 0 Å². The van der Waals surface area contributed by atoms with Crippen molar-refractivity contribution in [1.29, 1.82) is 0 Å². The molecular weight excluding hydrogens is 237 g/mol. The van der Waals surface area contributed by atoms with Crippen LogP contribution in [0, 0.1) is 0 Å². The predicted octanol–water partition coefficient (Wildman–Crippen LogP) is 1.78. The highest BCUT2D eigenvalue weighted by atomic mass is 19.4. The SMILES string of the molecule is Cn1nnc(-c2cccc(OC(F)(F)F)c2)n1. The molecule has 2 aromatic rings. The van der Waals surface area contributed by atoms with Crippen LogP contribution in [0.5, 0.6) is 5.75 Å². The molecule has 0 saturated carbocycles. The van der Waals surface area contributed by atoms with Crippen LogP contribution >= 0.6 is 0 Å². The highest BCUT2D eigenvalue weighted by Gasteiger charge is 2.31. The molecule has 0 amide bonds. The van der Waals surface area contributed by atoms with E-state index >= 15 is 0 Å². The normalized spacial score (nSPS) is 11.5. The molecule has 0 spiro atoms. The van der Waals surface area contributed by atoms with E-state index in [2.05, 4.69) is 20.1 Å². The summed E-state index contributed by atoms with van der Waals surface area (Å²) in [5.74, 6) is -0.0809. The predicted molar refractivity (Wildman–Crippen MR) is 50.9 cm³/mol. The quantitative estimate of drug-likeness (QED) is 0.807. The Morgan fingerprint density at radius 2 is 2.06 bits per heavy atom. The molecule has 0 N–H and O–H groups in total. The summed E-state index contributed by atoms with van der Waals surface area (Å²) in [5, 5.41) is 11.2. The minimum Gasteiger partial charge on any atom is -0.406 e. The van der Waals surface area contributed by atoms with Crippen molar-refractivity contribution in [3.8, 4) is 17.1 Å². The molecule has 0 radical (unpaired) electrons. The maximum absolute atomic E-state index is 12.0. The first-order chi connectivity index (χ1) is 7.94. The molecule has 0 fully saturated rings. The Morgan fingerprint density at radius 1 is 1.29 bits per heavy atom. The molecule has 0 atom stereocenters. The first-order valence-electron chi connectivity index (χ1n) is 4.54. The third kappa shape index (κ3) is 2.92. The van der Waals surface area contributed by atoms with Crippen LogP contribution in [0.25, 0.3) is 11.4 Å². The number of benzene rings is 1. The molecule has 5 nitrogen and oxygen atoms in total. The fraction of sp³-hybridized carbons (Fsp3) is 0.222. The van der Waals surface area contributed by atoms with Gasteiger partial charge in [0.2, 0.25) is 5.82 Å². The number of aromatic nitrogens is 4. The Morgan fingerprint density at radius 3 is 2.65 bits per heavy atom. The van der Waals surface area contributed by atoms with Gasteiger partial charge in [0.05, 0.1) is 7.05 Å². The monoisotopic (exact) mass is 244 g/mol. The summed E-state index contributed by atoms with van der Waals surface area (Å²) in [5.41, 5.74) is 0.403.